The van der Waals surface area contributed by atoms with Gasteiger partial charge in [0, 0.05) is 18.7 Å². The van der Waals surface area contributed by atoms with Crippen molar-refractivity contribution in [3.63, 3.8) is 0 Å². The van der Waals surface area contributed by atoms with Gasteiger partial charge in [-0.15, -0.1) is 10.2 Å². The van der Waals surface area contributed by atoms with Crippen LogP contribution in [0, 0.1) is 5.92 Å². The molecule has 1 aliphatic heterocycles. The summed E-state index contributed by atoms with van der Waals surface area (Å²) in [6.07, 6.45) is 1.95. The topological polar surface area (TPSA) is 111 Å². The van der Waals surface area contributed by atoms with Crippen LogP contribution in [0.1, 0.15) is 18.7 Å². The third-order valence-electron chi connectivity index (χ3n) is 4.67. The van der Waals surface area contributed by atoms with E-state index in [-0.39, 0.29) is 23.1 Å². The molecule has 1 atom stereocenters. The molecule has 0 unspecified atom stereocenters. The summed E-state index contributed by atoms with van der Waals surface area (Å²) in [5.41, 5.74) is 1.64. The minimum atomic E-state index is -2.89. The van der Waals surface area contributed by atoms with Gasteiger partial charge in [0.2, 0.25) is 5.89 Å². The molecule has 1 fully saturated rings. The molecule has 8 nitrogen and oxygen atoms in total. The fourth-order valence-corrected chi connectivity index (χ4v) is 5.93. The van der Waals surface area contributed by atoms with Gasteiger partial charge in [0.05, 0.1) is 22.5 Å². The Morgan fingerprint density at radius 1 is 1.30 bits per heavy atom. The van der Waals surface area contributed by atoms with E-state index >= 15 is 0 Å². The van der Waals surface area contributed by atoms with Crippen LogP contribution in [0.4, 0.5) is 0 Å². The van der Waals surface area contributed by atoms with Crippen molar-refractivity contribution in [1.82, 2.24) is 19.7 Å². The van der Waals surface area contributed by atoms with Crippen LogP contribution in [0.5, 0.6) is 0 Å². The maximum Gasteiger partial charge on any atom is 0.326 e. The van der Waals surface area contributed by atoms with E-state index < -0.39 is 9.84 Å². The zero-order valence-corrected chi connectivity index (χ0v) is 16.3. The maximum atomic E-state index is 12.0. The Bertz CT molecular complexity index is 1100. The molecule has 1 aliphatic rings. The molecule has 0 saturated carbocycles. The van der Waals surface area contributed by atoms with Crippen LogP contribution >= 0.6 is 11.8 Å². The zero-order chi connectivity index (χ0) is 18.9. The smallest absolute Gasteiger partial charge is 0.326 e. The molecule has 1 saturated heterocycles. The SMILES string of the molecule is O=c1[nH]c2ccccc2n1CCCSc1nnc(C[C@H]2CCS(=O)(=O)C2)o1. The molecule has 0 aliphatic carbocycles. The summed E-state index contributed by atoms with van der Waals surface area (Å²) in [5.74, 6) is 1.76. The van der Waals surface area contributed by atoms with Crippen molar-refractivity contribution in [2.24, 2.45) is 5.92 Å². The lowest BCUT2D eigenvalue weighted by molar-refractivity contribution is 0.389. The number of benzene rings is 1. The van der Waals surface area contributed by atoms with E-state index in [0.717, 1.165) is 23.2 Å². The number of fused-ring (bicyclic) bond motifs is 1. The van der Waals surface area contributed by atoms with Gasteiger partial charge in [-0.3, -0.25) is 4.57 Å². The monoisotopic (exact) mass is 408 g/mol. The van der Waals surface area contributed by atoms with E-state index in [0.29, 0.717) is 30.5 Å². The Morgan fingerprint density at radius 2 is 2.15 bits per heavy atom. The average Bonchev–Trinajstić information content (AvgIpc) is 3.30. The molecule has 27 heavy (non-hydrogen) atoms. The van der Waals surface area contributed by atoms with E-state index in [1.165, 1.54) is 11.8 Å². The summed E-state index contributed by atoms with van der Waals surface area (Å²) in [7, 11) is -2.89. The highest BCUT2D eigenvalue weighted by Gasteiger charge is 2.29. The molecule has 0 amide bonds. The van der Waals surface area contributed by atoms with Crippen molar-refractivity contribution < 1.29 is 12.8 Å². The van der Waals surface area contributed by atoms with Gasteiger partial charge in [-0.25, -0.2) is 13.2 Å². The number of nitrogens with one attached hydrogen (secondary N) is 1. The van der Waals surface area contributed by atoms with Crippen molar-refractivity contribution in [3.8, 4) is 0 Å². The standard InChI is InChI=1S/C17H20N4O4S2/c22-16-18-13-4-1-2-5-14(13)21(16)7-3-8-26-17-20-19-15(25-17)10-12-6-9-27(23,24)11-12/h1-2,4-5,12H,3,6-11H2,(H,18,22)/t12-/m1/s1. The van der Waals surface area contributed by atoms with Crippen LogP contribution in [-0.4, -0.2) is 45.4 Å². The molecule has 144 valence electrons. The normalized spacial score (nSPS) is 19.0. The summed E-state index contributed by atoms with van der Waals surface area (Å²) in [4.78, 5) is 14.9. The fraction of sp³-hybridized carbons (Fsp3) is 0.471. The van der Waals surface area contributed by atoms with Crippen LogP contribution < -0.4 is 5.69 Å². The molecular weight excluding hydrogens is 388 g/mol. The Hall–Kier alpha value is -2.07. The van der Waals surface area contributed by atoms with Gasteiger partial charge in [-0.2, -0.15) is 0 Å². The fourth-order valence-electron chi connectivity index (χ4n) is 3.37. The van der Waals surface area contributed by atoms with Crippen LogP contribution in [-0.2, 0) is 22.8 Å². The van der Waals surface area contributed by atoms with E-state index in [4.69, 9.17) is 4.42 Å². The van der Waals surface area contributed by atoms with Crippen molar-refractivity contribution in [2.75, 3.05) is 17.3 Å². The van der Waals surface area contributed by atoms with E-state index in [9.17, 15) is 13.2 Å². The van der Waals surface area contributed by atoms with Crippen LogP contribution in [0.2, 0.25) is 0 Å². The number of aromatic amines is 1. The summed E-state index contributed by atoms with van der Waals surface area (Å²) in [6.45, 7) is 0.608. The summed E-state index contributed by atoms with van der Waals surface area (Å²) >= 11 is 1.45. The van der Waals surface area contributed by atoms with Crippen LogP contribution in [0.25, 0.3) is 11.0 Å². The molecule has 0 bridgehead atoms. The van der Waals surface area contributed by atoms with Crippen molar-refractivity contribution in [3.05, 3.63) is 40.6 Å². The molecule has 2 aromatic heterocycles. The average molecular weight is 409 g/mol. The molecule has 0 radical (unpaired) electrons. The quantitative estimate of drug-likeness (QED) is 0.469. The third kappa shape index (κ3) is 4.27. The number of aryl methyl sites for hydroxylation is 1. The number of rotatable bonds is 7. The van der Waals surface area contributed by atoms with Gasteiger partial charge in [0.15, 0.2) is 9.84 Å². The van der Waals surface area contributed by atoms with E-state index in [1.807, 2.05) is 24.3 Å². The number of nitrogens with zero attached hydrogens (tertiary/aromatic N) is 3. The predicted molar refractivity (Wildman–Crippen MR) is 103 cm³/mol. The Morgan fingerprint density at radius 3 is 2.96 bits per heavy atom. The molecule has 10 heteroatoms. The lowest BCUT2D eigenvalue weighted by atomic mass is 10.1. The van der Waals surface area contributed by atoms with Crippen molar-refractivity contribution >= 4 is 32.6 Å². The minimum Gasteiger partial charge on any atom is -0.416 e. The highest BCUT2D eigenvalue weighted by atomic mass is 32.2. The number of H-pyrrole nitrogens is 1. The van der Waals surface area contributed by atoms with Crippen LogP contribution in [0.3, 0.4) is 0 Å². The predicted octanol–water partition coefficient (Wildman–Crippen LogP) is 1.87. The molecule has 3 aromatic rings. The third-order valence-corrected chi connectivity index (χ3v) is 7.41. The molecule has 4 rings (SSSR count). The minimum absolute atomic E-state index is 0.0713. The maximum absolute atomic E-state index is 12.0. The summed E-state index contributed by atoms with van der Waals surface area (Å²) in [5, 5.41) is 8.52. The first kappa shape index (κ1) is 18.3. The number of aromatic nitrogens is 4. The van der Waals surface area contributed by atoms with E-state index in [2.05, 4.69) is 15.2 Å². The van der Waals surface area contributed by atoms with Gasteiger partial charge in [-0.1, -0.05) is 23.9 Å². The first-order valence-corrected chi connectivity index (χ1v) is 11.6. The number of sulfone groups is 1. The van der Waals surface area contributed by atoms with Crippen molar-refractivity contribution in [1.29, 1.82) is 0 Å². The Kier molecular flexibility index (Phi) is 5.09. The first-order valence-electron chi connectivity index (χ1n) is 8.83. The molecule has 0 spiro atoms. The lowest BCUT2D eigenvalue weighted by Crippen LogP contribution is -2.17. The van der Waals surface area contributed by atoms with Gasteiger partial charge in [0.1, 0.15) is 0 Å². The first-order chi connectivity index (χ1) is 13.0. The molecule has 1 N–H and O–H groups in total. The van der Waals surface area contributed by atoms with Gasteiger partial charge in [-0.05, 0) is 30.9 Å². The number of hydrogen-bond donors (Lipinski definition) is 1. The number of para-hydroxylation sites is 2. The zero-order valence-electron chi connectivity index (χ0n) is 14.6. The van der Waals surface area contributed by atoms with Gasteiger partial charge in [0.25, 0.3) is 5.22 Å². The Balaban J connectivity index is 1.28. The number of hydrogen-bond acceptors (Lipinski definition) is 7. The second-order valence-corrected chi connectivity index (χ2v) is 10.0. The largest absolute Gasteiger partial charge is 0.416 e. The van der Waals surface area contributed by atoms with Crippen molar-refractivity contribution in [2.45, 2.75) is 31.0 Å². The Labute approximate surface area is 160 Å². The molecular formula is C17H20N4O4S2. The van der Waals surface area contributed by atoms with E-state index in [1.54, 1.807) is 4.57 Å². The van der Waals surface area contributed by atoms with Gasteiger partial charge >= 0.3 is 5.69 Å². The summed E-state index contributed by atoms with van der Waals surface area (Å²) < 4.78 is 30.4. The van der Waals surface area contributed by atoms with Gasteiger partial charge < -0.3 is 9.40 Å². The molecule has 3 heterocycles. The van der Waals surface area contributed by atoms with Crippen LogP contribution in [0.15, 0.2) is 38.7 Å². The number of imidazole rings is 1. The second-order valence-electron chi connectivity index (χ2n) is 6.74. The molecule has 1 aromatic carbocycles. The lowest BCUT2D eigenvalue weighted by Gasteiger charge is -2.02. The highest BCUT2D eigenvalue weighted by Crippen LogP contribution is 2.24. The highest BCUT2D eigenvalue weighted by molar-refractivity contribution is 7.99. The number of thioether (sulfide) groups is 1. The second kappa shape index (κ2) is 7.51. The summed E-state index contributed by atoms with van der Waals surface area (Å²) in [6, 6.07) is 7.62.